The maximum atomic E-state index is 13.1. The zero-order valence-electron chi connectivity index (χ0n) is 14.7. The molecule has 140 valence electrons. The summed E-state index contributed by atoms with van der Waals surface area (Å²) in [5.74, 6) is 0.0575. The minimum Gasteiger partial charge on any atom is -0.496 e. The van der Waals surface area contributed by atoms with Crippen molar-refractivity contribution in [1.82, 2.24) is 5.32 Å². The highest BCUT2D eigenvalue weighted by Gasteiger charge is 2.30. The maximum absolute atomic E-state index is 13.1. The zero-order valence-corrected chi connectivity index (χ0v) is 16.3. The number of rotatable bonds is 7. The van der Waals surface area contributed by atoms with E-state index in [1.54, 1.807) is 66.0 Å². The Hall–Kier alpha value is -2.64. The van der Waals surface area contributed by atoms with E-state index in [-0.39, 0.29) is 16.7 Å². The molecule has 0 aliphatic heterocycles. The fourth-order valence-corrected chi connectivity index (χ4v) is 5.62. The van der Waals surface area contributed by atoms with E-state index in [9.17, 15) is 13.2 Å². The van der Waals surface area contributed by atoms with Crippen LogP contribution in [0.5, 0.6) is 5.75 Å². The fourth-order valence-electron chi connectivity index (χ4n) is 2.75. The van der Waals surface area contributed by atoms with Crippen molar-refractivity contribution < 1.29 is 17.9 Å². The molecule has 7 heteroatoms. The third-order valence-corrected chi connectivity index (χ3v) is 7.65. The van der Waals surface area contributed by atoms with Gasteiger partial charge < -0.3 is 10.1 Å². The lowest BCUT2D eigenvalue weighted by atomic mass is 10.1. The summed E-state index contributed by atoms with van der Waals surface area (Å²) >= 11 is 1.17. The summed E-state index contributed by atoms with van der Waals surface area (Å²) in [6.45, 7) is -0.0405. The second kappa shape index (κ2) is 8.37. The van der Waals surface area contributed by atoms with E-state index in [1.807, 2.05) is 6.07 Å². The van der Waals surface area contributed by atoms with E-state index in [2.05, 4.69) is 5.32 Å². The monoisotopic (exact) mass is 401 g/mol. The van der Waals surface area contributed by atoms with Crippen LogP contribution >= 0.6 is 11.3 Å². The number of carbonyl (C=O) groups is 1. The number of amides is 1. The van der Waals surface area contributed by atoms with Crippen molar-refractivity contribution in [2.45, 2.75) is 9.46 Å². The van der Waals surface area contributed by atoms with Crippen LogP contribution in [0, 0.1) is 0 Å². The molecule has 1 atom stereocenters. The molecule has 3 aromatic rings. The number of benzene rings is 2. The van der Waals surface area contributed by atoms with Crippen LogP contribution in [0.4, 0.5) is 0 Å². The molecule has 0 bridgehead atoms. The lowest BCUT2D eigenvalue weighted by Crippen LogP contribution is -2.32. The van der Waals surface area contributed by atoms with Gasteiger partial charge in [0.15, 0.2) is 9.84 Å². The number of methoxy groups -OCH3 is 1. The van der Waals surface area contributed by atoms with Crippen LogP contribution in [-0.4, -0.2) is 28.0 Å². The van der Waals surface area contributed by atoms with E-state index in [0.717, 1.165) is 0 Å². The first-order valence-corrected chi connectivity index (χ1v) is 10.7. The Bertz CT molecular complexity index is 999. The molecule has 0 fully saturated rings. The van der Waals surface area contributed by atoms with Gasteiger partial charge in [0.25, 0.3) is 5.91 Å². The number of nitrogens with one attached hydrogen (secondary N) is 1. The lowest BCUT2D eigenvalue weighted by Gasteiger charge is -2.18. The molecule has 0 radical (unpaired) electrons. The molecule has 5 nitrogen and oxygen atoms in total. The van der Waals surface area contributed by atoms with Gasteiger partial charge in [0.2, 0.25) is 0 Å². The first-order valence-electron chi connectivity index (χ1n) is 8.27. The second-order valence-corrected chi connectivity index (χ2v) is 9.09. The average Bonchev–Trinajstić information content (AvgIpc) is 3.24. The van der Waals surface area contributed by atoms with Crippen molar-refractivity contribution in [3.63, 3.8) is 0 Å². The topological polar surface area (TPSA) is 72.5 Å². The van der Waals surface area contributed by atoms with E-state index in [4.69, 9.17) is 4.74 Å². The van der Waals surface area contributed by atoms with E-state index < -0.39 is 15.1 Å². The normalized spacial score (nSPS) is 12.3. The van der Waals surface area contributed by atoms with Gasteiger partial charge in [-0.1, -0.05) is 48.5 Å². The molecule has 1 aromatic heterocycles. The molecule has 0 unspecified atom stereocenters. The highest BCUT2D eigenvalue weighted by molar-refractivity contribution is 7.93. The van der Waals surface area contributed by atoms with Crippen LogP contribution in [0.15, 0.2) is 76.3 Å². The molecule has 0 spiro atoms. The number of sulfone groups is 1. The Morgan fingerprint density at radius 2 is 1.74 bits per heavy atom. The van der Waals surface area contributed by atoms with Crippen molar-refractivity contribution in [2.75, 3.05) is 13.7 Å². The number of para-hydroxylation sites is 1. The quantitative estimate of drug-likeness (QED) is 0.655. The molecule has 27 heavy (non-hydrogen) atoms. The second-order valence-electron chi connectivity index (χ2n) is 5.79. The van der Waals surface area contributed by atoms with Gasteiger partial charge in [-0.2, -0.15) is 0 Å². The molecule has 3 rings (SSSR count). The van der Waals surface area contributed by atoms with Gasteiger partial charge in [-0.15, -0.1) is 11.3 Å². The average molecular weight is 402 g/mol. The van der Waals surface area contributed by atoms with Crippen LogP contribution in [-0.2, 0) is 9.84 Å². The summed E-state index contributed by atoms with van der Waals surface area (Å²) < 4.78 is 31.7. The summed E-state index contributed by atoms with van der Waals surface area (Å²) in [7, 11) is -2.15. The van der Waals surface area contributed by atoms with Gasteiger partial charge >= 0.3 is 0 Å². The minimum atomic E-state index is -3.63. The summed E-state index contributed by atoms with van der Waals surface area (Å²) in [6.07, 6.45) is 0. The molecule has 1 N–H and O–H groups in total. The van der Waals surface area contributed by atoms with Gasteiger partial charge in [-0.3, -0.25) is 4.79 Å². The zero-order chi connectivity index (χ0) is 19.3. The Balaban J connectivity index is 1.88. The SMILES string of the molecule is COc1ccccc1C(=O)NC[C@H](c1ccccc1)S(=O)(=O)c1cccs1. The van der Waals surface area contributed by atoms with Gasteiger partial charge in [-0.25, -0.2) is 8.42 Å². The van der Waals surface area contributed by atoms with Gasteiger partial charge in [0.1, 0.15) is 15.2 Å². The predicted molar refractivity (Wildman–Crippen MR) is 106 cm³/mol. The lowest BCUT2D eigenvalue weighted by molar-refractivity contribution is 0.0950. The molecular formula is C20H19NO4S2. The number of thiophene rings is 1. The molecule has 0 saturated heterocycles. The molecule has 0 saturated carbocycles. The fraction of sp³-hybridized carbons (Fsp3) is 0.150. The first kappa shape index (κ1) is 19.1. The molecule has 2 aromatic carbocycles. The molecule has 1 amide bonds. The van der Waals surface area contributed by atoms with Gasteiger partial charge in [0.05, 0.1) is 12.7 Å². The van der Waals surface area contributed by atoms with Gasteiger partial charge in [-0.05, 0) is 29.1 Å². The number of hydrogen-bond donors (Lipinski definition) is 1. The molecule has 0 aliphatic carbocycles. The van der Waals surface area contributed by atoms with Crippen molar-refractivity contribution in [1.29, 1.82) is 0 Å². The van der Waals surface area contributed by atoms with Crippen molar-refractivity contribution in [3.8, 4) is 5.75 Å². The summed E-state index contributed by atoms with van der Waals surface area (Å²) in [6, 6.07) is 19.0. The Kier molecular flexibility index (Phi) is 5.93. The number of hydrogen-bond acceptors (Lipinski definition) is 5. The maximum Gasteiger partial charge on any atom is 0.255 e. The Morgan fingerprint density at radius 3 is 2.41 bits per heavy atom. The van der Waals surface area contributed by atoms with E-state index in [1.165, 1.54) is 18.4 Å². The predicted octanol–water partition coefficient (Wildman–Crippen LogP) is 3.70. The van der Waals surface area contributed by atoms with Crippen molar-refractivity contribution in [2.24, 2.45) is 0 Å². The highest BCUT2D eigenvalue weighted by atomic mass is 32.2. The summed E-state index contributed by atoms with van der Waals surface area (Å²) in [5, 5.41) is 3.59. The van der Waals surface area contributed by atoms with Crippen LogP contribution in [0.1, 0.15) is 21.2 Å². The standard InChI is InChI=1S/C20H19NO4S2/c1-25-17-11-6-5-10-16(17)20(22)21-14-18(15-8-3-2-4-9-15)27(23,24)19-12-7-13-26-19/h2-13,18H,14H2,1H3,(H,21,22)/t18-/m1/s1. The van der Waals surface area contributed by atoms with Crippen LogP contribution in [0.3, 0.4) is 0 Å². The summed E-state index contributed by atoms with van der Waals surface area (Å²) in [4.78, 5) is 12.6. The van der Waals surface area contributed by atoms with Crippen LogP contribution < -0.4 is 10.1 Å². The number of ether oxygens (including phenoxy) is 1. The Labute approximate surface area is 162 Å². The molecule has 1 heterocycles. The molecule has 0 aliphatic rings. The minimum absolute atomic E-state index is 0.0405. The third kappa shape index (κ3) is 4.20. The highest BCUT2D eigenvalue weighted by Crippen LogP contribution is 2.31. The largest absolute Gasteiger partial charge is 0.496 e. The van der Waals surface area contributed by atoms with Gasteiger partial charge in [0, 0.05) is 6.54 Å². The third-order valence-electron chi connectivity index (χ3n) is 4.12. The van der Waals surface area contributed by atoms with E-state index >= 15 is 0 Å². The van der Waals surface area contributed by atoms with E-state index in [0.29, 0.717) is 16.9 Å². The first-order chi connectivity index (χ1) is 13.0. The smallest absolute Gasteiger partial charge is 0.255 e. The Morgan fingerprint density at radius 1 is 1.04 bits per heavy atom. The van der Waals surface area contributed by atoms with Crippen molar-refractivity contribution >= 4 is 27.1 Å². The van der Waals surface area contributed by atoms with Crippen molar-refractivity contribution in [3.05, 3.63) is 83.2 Å². The van der Waals surface area contributed by atoms with Crippen LogP contribution in [0.25, 0.3) is 0 Å². The summed E-state index contributed by atoms with van der Waals surface area (Å²) in [5.41, 5.74) is 0.992. The number of carbonyl (C=O) groups excluding carboxylic acids is 1. The molecular weight excluding hydrogens is 382 g/mol. The van der Waals surface area contributed by atoms with Crippen LogP contribution in [0.2, 0.25) is 0 Å².